The molecule has 0 aromatic rings. The minimum absolute atomic E-state index is 0. The van der Waals surface area contributed by atoms with E-state index in [-0.39, 0.29) is 29.9 Å². The molecule has 1 fully saturated rings. The molecule has 0 atom stereocenters. The lowest BCUT2D eigenvalue weighted by Crippen LogP contribution is -2.44. The van der Waals surface area contributed by atoms with E-state index in [1.165, 1.54) is 39.0 Å². The largest absolute Gasteiger partial charge is 0.357 e. The summed E-state index contributed by atoms with van der Waals surface area (Å²) in [5.74, 6) is 0.866. The molecule has 0 aromatic carbocycles. The van der Waals surface area contributed by atoms with Gasteiger partial charge in [0.1, 0.15) is 0 Å². The standard InChI is InChI=1S/C13H26N4O.HI/c1-3-14-13(16-10-9-15-11(2)18)17-12-7-5-4-6-8-12;/h12H,3-10H2,1-2H3,(H,15,18)(H2,14,16,17);1H. The Morgan fingerprint density at radius 3 is 2.47 bits per heavy atom. The number of hydrogen-bond acceptors (Lipinski definition) is 2. The van der Waals surface area contributed by atoms with Gasteiger partial charge in [0.2, 0.25) is 5.91 Å². The van der Waals surface area contributed by atoms with Gasteiger partial charge in [-0.3, -0.25) is 9.79 Å². The minimum atomic E-state index is -0.00422. The molecular weight excluding hydrogens is 355 g/mol. The summed E-state index contributed by atoms with van der Waals surface area (Å²) in [4.78, 5) is 15.2. The number of nitrogens with zero attached hydrogens (tertiary/aromatic N) is 1. The first-order chi connectivity index (χ1) is 8.72. The molecule has 1 amide bonds. The van der Waals surface area contributed by atoms with Crippen LogP contribution in [-0.2, 0) is 4.79 Å². The van der Waals surface area contributed by atoms with Crippen molar-refractivity contribution in [1.29, 1.82) is 0 Å². The van der Waals surface area contributed by atoms with E-state index in [0.29, 0.717) is 19.1 Å². The Morgan fingerprint density at radius 1 is 1.21 bits per heavy atom. The van der Waals surface area contributed by atoms with Gasteiger partial charge in [-0.25, -0.2) is 0 Å². The Labute approximate surface area is 133 Å². The number of amides is 1. The highest BCUT2D eigenvalue weighted by Crippen LogP contribution is 2.17. The van der Waals surface area contributed by atoms with Crippen molar-refractivity contribution < 1.29 is 4.79 Å². The van der Waals surface area contributed by atoms with Gasteiger partial charge in [0.25, 0.3) is 0 Å². The van der Waals surface area contributed by atoms with Crippen LogP contribution < -0.4 is 16.0 Å². The van der Waals surface area contributed by atoms with Crippen molar-refractivity contribution in [1.82, 2.24) is 16.0 Å². The van der Waals surface area contributed by atoms with Crippen LogP contribution in [0.15, 0.2) is 4.99 Å². The maximum atomic E-state index is 10.7. The van der Waals surface area contributed by atoms with Gasteiger partial charge in [-0.2, -0.15) is 0 Å². The third-order valence-corrected chi connectivity index (χ3v) is 3.05. The number of nitrogens with one attached hydrogen (secondary N) is 3. The van der Waals surface area contributed by atoms with Gasteiger partial charge in [-0.1, -0.05) is 19.3 Å². The highest BCUT2D eigenvalue weighted by Gasteiger charge is 2.14. The predicted octanol–water partition coefficient (Wildman–Crippen LogP) is 1.63. The first-order valence-electron chi connectivity index (χ1n) is 7.01. The van der Waals surface area contributed by atoms with E-state index in [1.807, 2.05) is 0 Å². The zero-order chi connectivity index (χ0) is 13.2. The molecule has 1 saturated carbocycles. The highest BCUT2D eigenvalue weighted by molar-refractivity contribution is 14.0. The summed E-state index contributed by atoms with van der Waals surface area (Å²) in [5, 5.41) is 9.46. The molecule has 0 aromatic heterocycles. The summed E-state index contributed by atoms with van der Waals surface area (Å²) < 4.78 is 0. The third kappa shape index (κ3) is 9.07. The average molecular weight is 382 g/mol. The zero-order valence-electron chi connectivity index (χ0n) is 12.0. The molecule has 6 heteroatoms. The molecule has 1 rings (SSSR count). The summed E-state index contributed by atoms with van der Waals surface area (Å²) in [6, 6.07) is 0.553. The number of rotatable bonds is 5. The van der Waals surface area contributed by atoms with E-state index in [2.05, 4.69) is 27.9 Å². The van der Waals surface area contributed by atoms with E-state index in [9.17, 15) is 4.79 Å². The fourth-order valence-electron chi connectivity index (χ4n) is 2.16. The van der Waals surface area contributed by atoms with Crippen LogP contribution in [0, 0.1) is 0 Å². The van der Waals surface area contributed by atoms with Crippen LogP contribution in [0.1, 0.15) is 46.0 Å². The third-order valence-electron chi connectivity index (χ3n) is 3.05. The van der Waals surface area contributed by atoms with E-state index in [4.69, 9.17) is 0 Å². The molecule has 112 valence electrons. The smallest absolute Gasteiger partial charge is 0.216 e. The van der Waals surface area contributed by atoms with Gasteiger partial charge < -0.3 is 16.0 Å². The molecule has 0 heterocycles. The monoisotopic (exact) mass is 382 g/mol. The second-order valence-electron chi connectivity index (χ2n) is 4.72. The number of guanidine groups is 1. The summed E-state index contributed by atoms with van der Waals surface area (Å²) in [6.07, 6.45) is 6.44. The van der Waals surface area contributed by atoms with Crippen LogP contribution in [0.4, 0.5) is 0 Å². The second-order valence-corrected chi connectivity index (χ2v) is 4.72. The molecule has 0 spiro atoms. The predicted molar refractivity (Wildman–Crippen MR) is 90.1 cm³/mol. The Kier molecular flexibility index (Phi) is 11.0. The lowest BCUT2D eigenvalue weighted by Gasteiger charge is -2.24. The molecule has 0 bridgehead atoms. The molecule has 0 aliphatic heterocycles. The average Bonchev–Trinajstić information content (AvgIpc) is 2.36. The van der Waals surface area contributed by atoms with Crippen LogP contribution in [0.3, 0.4) is 0 Å². The minimum Gasteiger partial charge on any atom is -0.357 e. The summed E-state index contributed by atoms with van der Waals surface area (Å²) in [5.41, 5.74) is 0. The fourth-order valence-corrected chi connectivity index (χ4v) is 2.16. The number of carbonyl (C=O) groups excluding carboxylic acids is 1. The molecule has 5 nitrogen and oxygen atoms in total. The van der Waals surface area contributed by atoms with Crippen LogP contribution in [0.5, 0.6) is 0 Å². The van der Waals surface area contributed by atoms with Crippen molar-refractivity contribution in [3.63, 3.8) is 0 Å². The quantitative estimate of drug-likeness (QED) is 0.293. The topological polar surface area (TPSA) is 65.5 Å². The van der Waals surface area contributed by atoms with Crippen LogP contribution in [0.2, 0.25) is 0 Å². The number of halogens is 1. The lowest BCUT2D eigenvalue weighted by molar-refractivity contribution is -0.118. The molecule has 3 N–H and O–H groups in total. The van der Waals surface area contributed by atoms with Crippen molar-refractivity contribution in [2.24, 2.45) is 4.99 Å². The van der Waals surface area contributed by atoms with E-state index >= 15 is 0 Å². The summed E-state index contributed by atoms with van der Waals surface area (Å²) in [6.45, 7) is 5.65. The van der Waals surface area contributed by atoms with Crippen LogP contribution >= 0.6 is 24.0 Å². The molecule has 19 heavy (non-hydrogen) atoms. The van der Waals surface area contributed by atoms with E-state index < -0.39 is 0 Å². The molecule has 1 aliphatic rings. The van der Waals surface area contributed by atoms with Gasteiger partial charge >= 0.3 is 0 Å². The van der Waals surface area contributed by atoms with Crippen molar-refractivity contribution in [2.75, 3.05) is 19.6 Å². The highest BCUT2D eigenvalue weighted by atomic mass is 127. The Bertz CT molecular complexity index is 278. The number of aliphatic imine (C=N–C) groups is 1. The lowest BCUT2D eigenvalue weighted by atomic mass is 9.96. The number of carbonyl (C=O) groups is 1. The second kappa shape index (κ2) is 11.3. The molecule has 0 unspecified atom stereocenters. The van der Waals surface area contributed by atoms with Gasteiger partial charge in [-0.05, 0) is 19.8 Å². The molecule has 1 aliphatic carbocycles. The van der Waals surface area contributed by atoms with Crippen molar-refractivity contribution in [3.05, 3.63) is 0 Å². The SMILES string of the molecule is CCNC(=NCCNC(C)=O)NC1CCCCC1.I. The van der Waals surface area contributed by atoms with Gasteiger partial charge in [0.05, 0.1) is 6.54 Å². The summed E-state index contributed by atoms with van der Waals surface area (Å²) >= 11 is 0. The maximum absolute atomic E-state index is 10.7. The Morgan fingerprint density at radius 2 is 1.89 bits per heavy atom. The van der Waals surface area contributed by atoms with Crippen molar-refractivity contribution in [3.8, 4) is 0 Å². The maximum Gasteiger partial charge on any atom is 0.216 e. The fraction of sp³-hybridized carbons (Fsp3) is 0.846. The normalized spacial score (nSPS) is 16.4. The van der Waals surface area contributed by atoms with Gasteiger partial charge in [0, 0.05) is 26.1 Å². The van der Waals surface area contributed by atoms with E-state index in [0.717, 1.165) is 12.5 Å². The van der Waals surface area contributed by atoms with E-state index in [1.54, 1.807) is 0 Å². The first kappa shape index (κ1) is 18.5. The molecule has 0 radical (unpaired) electrons. The molecular formula is C13H27IN4O. The van der Waals surface area contributed by atoms with Gasteiger partial charge in [-0.15, -0.1) is 24.0 Å². The van der Waals surface area contributed by atoms with Crippen molar-refractivity contribution >= 4 is 35.8 Å². The summed E-state index contributed by atoms with van der Waals surface area (Å²) in [7, 11) is 0. The molecule has 0 saturated heterocycles. The van der Waals surface area contributed by atoms with Gasteiger partial charge in [0.15, 0.2) is 5.96 Å². The number of hydrogen-bond donors (Lipinski definition) is 3. The Balaban J connectivity index is 0.00000324. The first-order valence-corrected chi connectivity index (χ1v) is 7.01. The Hall–Kier alpha value is -0.530. The van der Waals surface area contributed by atoms with Crippen molar-refractivity contribution in [2.45, 2.75) is 52.0 Å². The van der Waals surface area contributed by atoms with Crippen LogP contribution in [-0.4, -0.2) is 37.5 Å². The zero-order valence-corrected chi connectivity index (χ0v) is 14.3. The van der Waals surface area contributed by atoms with Crippen LogP contribution in [0.25, 0.3) is 0 Å².